The van der Waals surface area contributed by atoms with E-state index in [1.807, 2.05) is 13.0 Å². The Bertz CT molecular complexity index is 221. The maximum atomic E-state index is 5.41. The summed E-state index contributed by atoms with van der Waals surface area (Å²) in [6, 6.07) is 10.4. The monoisotopic (exact) mass is 194 g/mol. The lowest BCUT2D eigenvalue weighted by Crippen LogP contribution is -2.06. The van der Waals surface area contributed by atoms with Crippen LogP contribution in [-0.2, 0) is 15.9 Å². The standard InChI is InChI=1S/C12H18O2/c1-2-13-10-11-14-9-8-12-6-4-3-5-7-12/h3-7H,2,8-11H2,1H3. The highest BCUT2D eigenvalue weighted by molar-refractivity contribution is 5.14. The highest BCUT2D eigenvalue weighted by Gasteiger charge is 1.91. The van der Waals surface area contributed by atoms with Crippen LogP contribution in [0.4, 0.5) is 0 Å². The summed E-state index contributed by atoms with van der Waals surface area (Å²) in [5.41, 5.74) is 1.32. The molecule has 0 spiro atoms. The van der Waals surface area contributed by atoms with E-state index in [4.69, 9.17) is 9.47 Å². The lowest BCUT2D eigenvalue weighted by Gasteiger charge is -2.04. The first-order valence-corrected chi connectivity index (χ1v) is 5.13. The van der Waals surface area contributed by atoms with Crippen LogP contribution in [0.1, 0.15) is 12.5 Å². The molecule has 0 N–H and O–H groups in total. The van der Waals surface area contributed by atoms with Gasteiger partial charge in [-0.2, -0.15) is 0 Å². The van der Waals surface area contributed by atoms with Crippen LogP contribution in [-0.4, -0.2) is 26.4 Å². The van der Waals surface area contributed by atoms with Crippen molar-refractivity contribution in [2.24, 2.45) is 0 Å². The number of hydrogen-bond donors (Lipinski definition) is 0. The van der Waals surface area contributed by atoms with E-state index in [0.29, 0.717) is 13.2 Å². The number of hydrogen-bond acceptors (Lipinski definition) is 2. The van der Waals surface area contributed by atoms with Gasteiger partial charge in [-0.25, -0.2) is 0 Å². The largest absolute Gasteiger partial charge is 0.379 e. The molecule has 14 heavy (non-hydrogen) atoms. The average Bonchev–Trinajstić information content (AvgIpc) is 2.25. The Morgan fingerprint density at radius 1 is 0.929 bits per heavy atom. The van der Waals surface area contributed by atoms with Crippen molar-refractivity contribution >= 4 is 0 Å². The summed E-state index contributed by atoms with van der Waals surface area (Å²) < 4.78 is 10.6. The molecule has 0 radical (unpaired) electrons. The van der Waals surface area contributed by atoms with Gasteiger partial charge in [0.05, 0.1) is 19.8 Å². The van der Waals surface area contributed by atoms with Gasteiger partial charge in [0.15, 0.2) is 0 Å². The smallest absolute Gasteiger partial charge is 0.0700 e. The Balaban J connectivity index is 1.99. The molecular weight excluding hydrogens is 176 g/mol. The third kappa shape index (κ3) is 5.00. The van der Waals surface area contributed by atoms with Crippen LogP contribution in [0.2, 0.25) is 0 Å². The molecule has 0 atom stereocenters. The fourth-order valence-corrected chi connectivity index (χ4v) is 1.20. The van der Waals surface area contributed by atoms with Crippen LogP contribution in [0, 0.1) is 0 Å². The van der Waals surface area contributed by atoms with E-state index in [2.05, 4.69) is 24.3 Å². The van der Waals surface area contributed by atoms with E-state index in [9.17, 15) is 0 Å². The fraction of sp³-hybridized carbons (Fsp3) is 0.500. The van der Waals surface area contributed by atoms with Gasteiger partial charge < -0.3 is 9.47 Å². The van der Waals surface area contributed by atoms with Gasteiger partial charge in [0, 0.05) is 6.61 Å². The number of ether oxygens (including phenoxy) is 2. The van der Waals surface area contributed by atoms with Crippen LogP contribution in [0.5, 0.6) is 0 Å². The lowest BCUT2D eigenvalue weighted by molar-refractivity contribution is 0.0541. The van der Waals surface area contributed by atoms with Crippen LogP contribution < -0.4 is 0 Å². The van der Waals surface area contributed by atoms with Crippen LogP contribution in [0.25, 0.3) is 0 Å². The molecule has 0 saturated heterocycles. The topological polar surface area (TPSA) is 18.5 Å². The molecule has 0 aliphatic rings. The second-order valence-electron chi connectivity index (χ2n) is 3.04. The van der Waals surface area contributed by atoms with E-state index in [0.717, 1.165) is 19.6 Å². The van der Waals surface area contributed by atoms with Crippen molar-refractivity contribution in [2.75, 3.05) is 26.4 Å². The second kappa shape index (κ2) is 7.54. The zero-order chi connectivity index (χ0) is 10.1. The van der Waals surface area contributed by atoms with E-state index in [-0.39, 0.29) is 0 Å². The summed E-state index contributed by atoms with van der Waals surface area (Å²) in [7, 11) is 0. The second-order valence-corrected chi connectivity index (χ2v) is 3.04. The summed E-state index contributed by atoms with van der Waals surface area (Å²) in [5.74, 6) is 0. The zero-order valence-corrected chi connectivity index (χ0v) is 8.74. The molecule has 2 heteroatoms. The molecule has 0 unspecified atom stereocenters. The Hall–Kier alpha value is -0.860. The summed E-state index contributed by atoms with van der Waals surface area (Å²) in [4.78, 5) is 0. The predicted molar refractivity (Wildman–Crippen MR) is 57.5 cm³/mol. The van der Waals surface area contributed by atoms with Crippen molar-refractivity contribution in [3.8, 4) is 0 Å². The molecule has 0 aromatic heterocycles. The van der Waals surface area contributed by atoms with E-state index in [1.165, 1.54) is 5.56 Å². The minimum absolute atomic E-state index is 0.695. The minimum Gasteiger partial charge on any atom is -0.379 e. The molecule has 2 nitrogen and oxygen atoms in total. The normalized spacial score (nSPS) is 10.4. The molecule has 1 aromatic rings. The molecule has 1 aromatic carbocycles. The first kappa shape index (κ1) is 11.2. The van der Waals surface area contributed by atoms with Gasteiger partial charge >= 0.3 is 0 Å². The molecule has 0 heterocycles. The molecule has 0 aliphatic heterocycles. The van der Waals surface area contributed by atoms with Gasteiger partial charge in [0.2, 0.25) is 0 Å². The van der Waals surface area contributed by atoms with Gasteiger partial charge in [-0.1, -0.05) is 30.3 Å². The van der Waals surface area contributed by atoms with Crippen molar-refractivity contribution in [1.82, 2.24) is 0 Å². The maximum Gasteiger partial charge on any atom is 0.0700 e. The Morgan fingerprint density at radius 2 is 1.64 bits per heavy atom. The zero-order valence-electron chi connectivity index (χ0n) is 8.74. The van der Waals surface area contributed by atoms with E-state index >= 15 is 0 Å². The highest BCUT2D eigenvalue weighted by Crippen LogP contribution is 1.99. The SMILES string of the molecule is CCOCCOCCc1ccccc1. The lowest BCUT2D eigenvalue weighted by atomic mass is 10.2. The van der Waals surface area contributed by atoms with Gasteiger partial charge in [-0.15, -0.1) is 0 Å². The molecular formula is C12H18O2. The Morgan fingerprint density at radius 3 is 2.36 bits per heavy atom. The van der Waals surface area contributed by atoms with Gasteiger partial charge in [-0.05, 0) is 18.9 Å². The van der Waals surface area contributed by atoms with Gasteiger partial charge in [0.1, 0.15) is 0 Å². The quantitative estimate of drug-likeness (QED) is 0.620. The molecule has 1 rings (SSSR count). The van der Waals surface area contributed by atoms with Crippen LogP contribution >= 0.6 is 0 Å². The van der Waals surface area contributed by atoms with Crippen molar-refractivity contribution in [3.05, 3.63) is 35.9 Å². The minimum atomic E-state index is 0.695. The number of benzene rings is 1. The summed E-state index contributed by atoms with van der Waals surface area (Å²) >= 11 is 0. The van der Waals surface area contributed by atoms with Crippen LogP contribution in [0.15, 0.2) is 30.3 Å². The Labute approximate surface area is 85.8 Å². The van der Waals surface area contributed by atoms with Gasteiger partial charge in [0.25, 0.3) is 0 Å². The molecule has 0 bridgehead atoms. The highest BCUT2D eigenvalue weighted by atomic mass is 16.5. The first-order valence-electron chi connectivity index (χ1n) is 5.13. The molecule has 78 valence electrons. The maximum absolute atomic E-state index is 5.41. The van der Waals surface area contributed by atoms with Crippen molar-refractivity contribution < 1.29 is 9.47 Å². The Kier molecular flexibility index (Phi) is 6.04. The molecule has 0 fully saturated rings. The van der Waals surface area contributed by atoms with Crippen molar-refractivity contribution in [2.45, 2.75) is 13.3 Å². The molecule has 0 saturated carbocycles. The molecule has 0 amide bonds. The predicted octanol–water partition coefficient (Wildman–Crippen LogP) is 2.28. The fourth-order valence-electron chi connectivity index (χ4n) is 1.20. The van der Waals surface area contributed by atoms with E-state index < -0.39 is 0 Å². The third-order valence-electron chi connectivity index (χ3n) is 1.95. The van der Waals surface area contributed by atoms with E-state index in [1.54, 1.807) is 0 Å². The first-order chi connectivity index (χ1) is 6.93. The summed E-state index contributed by atoms with van der Waals surface area (Å²) in [5, 5.41) is 0. The van der Waals surface area contributed by atoms with Crippen molar-refractivity contribution in [3.63, 3.8) is 0 Å². The third-order valence-corrected chi connectivity index (χ3v) is 1.95. The summed E-state index contributed by atoms with van der Waals surface area (Å²) in [6.07, 6.45) is 0.979. The van der Waals surface area contributed by atoms with Gasteiger partial charge in [-0.3, -0.25) is 0 Å². The van der Waals surface area contributed by atoms with Crippen LogP contribution in [0.3, 0.4) is 0 Å². The average molecular weight is 194 g/mol. The molecule has 0 aliphatic carbocycles. The van der Waals surface area contributed by atoms with Crippen molar-refractivity contribution in [1.29, 1.82) is 0 Å². The number of rotatable bonds is 7. The summed E-state index contributed by atoms with van der Waals surface area (Å²) in [6.45, 7) is 4.93.